The van der Waals surface area contributed by atoms with E-state index >= 15 is 0 Å². The Kier molecular flexibility index (Phi) is 3.79. The van der Waals surface area contributed by atoms with Gasteiger partial charge in [0.05, 0.1) is 6.10 Å². The summed E-state index contributed by atoms with van der Waals surface area (Å²) in [5, 5.41) is 13.7. The van der Waals surface area contributed by atoms with E-state index in [1.807, 2.05) is 0 Å². The van der Waals surface area contributed by atoms with Gasteiger partial charge in [0.15, 0.2) is 0 Å². The molecule has 0 bridgehead atoms. The van der Waals surface area contributed by atoms with Crippen LogP contribution in [0.15, 0.2) is 18.2 Å². The molecule has 0 radical (unpaired) electrons. The summed E-state index contributed by atoms with van der Waals surface area (Å²) in [5.74, 6) is -0.304. The number of hydrogen-bond acceptors (Lipinski definition) is 2. The van der Waals surface area contributed by atoms with Gasteiger partial charge in [-0.1, -0.05) is 11.6 Å². The maximum atomic E-state index is 13.4. The second kappa shape index (κ2) is 5.13. The minimum Gasteiger partial charge on any atom is -0.391 e. The number of hydrogen-bond donors (Lipinski definition) is 2. The zero-order valence-electron chi connectivity index (χ0n) is 8.92. The molecule has 2 unspecified atom stereocenters. The van der Waals surface area contributed by atoms with E-state index < -0.39 is 6.10 Å². The van der Waals surface area contributed by atoms with E-state index in [-0.39, 0.29) is 11.9 Å². The van der Waals surface area contributed by atoms with E-state index in [9.17, 15) is 9.50 Å². The van der Waals surface area contributed by atoms with Crippen LogP contribution in [0.2, 0.25) is 5.02 Å². The molecule has 2 N–H and O–H groups in total. The lowest BCUT2D eigenvalue weighted by atomic mass is 10.0. The monoisotopic (exact) mass is 243 g/mol. The smallest absolute Gasteiger partial charge is 0.126 e. The summed E-state index contributed by atoms with van der Waals surface area (Å²) in [6, 6.07) is 4.51. The second-order valence-electron chi connectivity index (χ2n) is 4.21. The highest BCUT2D eigenvalue weighted by molar-refractivity contribution is 6.30. The number of rotatable bonds is 3. The highest BCUT2D eigenvalue weighted by atomic mass is 35.5. The molecule has 1 aromatic carbocycles. The van der Waals surface area contributed by atoms with E-state index in [0.29, 0.717) is 17.0 Å². The Labute approximate surface area is 99.4 Å². The van der Waals surface area contributed by atoms with Gasteiger partial charge < -0.3 is 10.4 Å². The SMILES string of the molecule is OC(Cc1cc(Cl)ccc1F)C1CCCN1. The fraction of sp³-hybridized carbons (Fsp3) is 0.500. The van der Waals surface area contributed by atoms with E-state index in [0.717, 1.165) is 19.4 Å². The summed E-state index contributed by atoms with van der Waals surface area (Å²) < 4.78 is 13.4. The van der Waals surface area contributed by atoms with Crippen molar-refractivity contribution in [2.24, 2.45) is 0 Å². The minimum absolute atomic E-state index is 0.0818. The van der Waals surface area contributed by atoms with Gasteiger partial charge in [0, 0.05) is 17.5 Å². The van der Waals surface area contributed by atoms with E-state index in [1.54, 1.807) is 6.07 Å². The molecule has 1 heterocycles. The molecular weight excluding hydrogens is 229 g/mol. The van der Waals surface area contributed by atoms with Crippen molar-refractivity contribution in [1.82, 2.24) is 5.32 Å². The zero-order chi connectivity index (χ0) is 11.5. The molecule has 2 rings (SSSR count). The topological polar surface area (TPSA) is 32.3 Å². The van der Waals surface area contributed by atoms with Gasteiger partial charge in [-0.3, -0.25) is 0 Å². The lowest BCUT2D eigenvalue weighted by molar-refractivity contribution is 0.135. The standard InChI is InChI=1S/C12H15ClFNO/c13-9-3-4-10(14)8(6-9)7-12(16)11-2-1-5-15-11/h3-4,6,11-12,15-16H,1-2,5,7H2. The largest absolute Gasteiger partial charge is 0.391 e. The molecule has 2 nitrogen and oxygen atoms in total. The lowest BCUT2D eigenvalue weighted by Crippen LogP contribution is -2.36. The molecule has 1 aliphatic rings. The molecule has 0 spiro atoms. The van der Waals surface area contributed by atoms with Crippen LogP contribution in [0.25, 0.3) is 0 Å². The molecule has 2 atom stereocenters. The fourth-order valence-electron chi connectivity index (χ4n) is 2.11. The molecule has 1 aromatic rings. The average molecular weight is 244 g/mol. The molecule has 1 aliphatic heterocycles. The van der Waals surface area contributed by atoms with Crippen LogP contribution in [0, 0.1) is 5.82 Å². The van der Waals surface area contributed by atoms with Crippen molar-refractivity contribution in [2.75, 3.05) is 6.54 Å². The predicted molar refractivity (Wildman–Crippen MR) is 62.1 cm³/mol. The summed E-state index contributed by atoms with van der Waals surface area (Å²) in [5.41, 5.74) is 0.480. The highest BCUT2D eigenvalue weighted by Gasteiger charge is 2.23. The first-order chi connectivity index (χ1) is 7.66. The maximum absolute atomic E-state index is 13.4. The molecule has 1 saturated heterocycles. The van der Waals surface area contributed by atoms with Gasteiger partial charge in [0.2, 0.25) is 0 Å². The van der Waals surface area contributed by atoms with Crippen molar-refractivity contribution >= 4 is 11.6 Å². The Morgan fingerprint density at radius 1 is 1.56 bits per heavy atom. The summed E-state index contributed by atoms with van der Waals surface area (Å²) in [6.07, 6.45) is 1.78. The highest BCUT2D eigenvalue weighted by Crippen LogP contribution is 2.19. The number of benzene rings is 1. The van der Waals surface area contributed by atoms with Gasteiger partial charge in [0.25, 0.3) is 0 Å². The van der Waals surface area contributed by atoms with Crippen LogP contribution in [0.5, 0.6) is 0 Å². The van der Waals surface area contributed by atoms with Gasteiger partial charge in [-0.2, -0.15) is 0 Å². The van der Waals surface area contributed by atoms with Crippen molar-refractivity contribution in [1.29, 1.82) is 0 Å². The number of halogens is 2. The lowest BCUT2D eigenvalue weighted by Gasteiger charge is -2.18. The molecule has 0 saturated carbocycles. The maximum Gasteiger partial charge on any atom is 0.126 e. The Hall–Kier alpha value is -0.640. The van der Waals surface area contributed by atoms with Crippen LogP contribution < -0.4 is 5.32 Å². The first-order valence-corrected chi connectivity index (χ1v) is 5.90. The predicted octanol–water partition coefficient (Wildman–Crippen LogP) is 2.13. The molecule has 16 heavy (non-hydrogen) atoms. The van der Waals surface area contributed by atoms with E-state index in [4.69, 9.17) is 11.6 Å². The summed E-state index contributed by atoms with van der Waals surface area (Å²) in [6.45, 7) is 0.930. The van der Waals surface area contributed by atoms with Crippen LogP contribution in [0.1, 0.15) is 18.4 Å². The summed E-state index contributed by atoms with van der Waals surface area (Å²) in [7, 11) is 0. The van der Waals surface area contributed by atoms with Gasteiger partial charge in [-0.15, -0.1) is 0 Å². The fourth-order valence-corrected chi connectivity index (χ4v) is 2.30. The average Bonchev–Trinajstić information content (AvgIpc) is 2.76. The molecule has 4 heteroatoms. The third-order valence-corrected chi connectivity index (χ3v) is 3.23. The molecule has 0 aromatic heterocycles. The van der Waals surface area contributed by atoms with Crippen LogP contribution >= 0.6 is 11.6 Å². The number of aliphatic hydroxyl groups excluding tert-OH is 1. The zero-order valence-corrected chi connectivity index (χ0v) is 9.67. The first kappa shape index (κ1) is 11.8. The van der Waals surface area contributed by atoms with Crippen LogP contribution in [-0.4, -0.2) is 23.8 Å². The van der Waals surface area contributed by atoms with E-state index in [2.05, 4.69) is 5.32 Å². The Bertz CT molecular complexity index is 366. The number of nitrogens with one attached hydrogen (secondary N) is 1. The van der Waals surface area contributed by atoms with Crippen LogP contribution in [-0.2, 0) is 6.42 Å². The Morgan fingerprint density at radius 2 is 2.38 bits per heavy atom. The molecule has 1 fully saturated rings. The third-order valence-electron chi connectivity index (χ3n) is 3.00. The van der Waals surface area contributed by atoms with Crippen LogP contribution in [0.3, 0.4) is 0 Å². The second-order valence-corrected chi connectivity index (χ2v) is 4.65. The van der Waals surface area contributed by atoms with Crippen molar-refractivity contribution in [3.05, 3.63) is 34.6 Å². The van der Waals surface area contributed by atoms with Crippen molar-refractivity contribution < 1.29 is 9.50 Å². The first-order valence-electron chi connectivity index (χ1n) is 5.52. The molecule has 88 valence electrons. The van der Waals surface area contributed by atoms with Gasteiger partial charge >= 0.3 is 0 Å². The quantitative estimate of drug-likeness (QED) is 0.853. The van der Waals surface area contributed by atoms with Crippen molar-refractivity contribution in [3.63, 3.8) is 0 Å². The van der Waals surface area contributed by atoms with Crippen LogP contribution in [0.4, 0.5) is 4.39 Å². The Balaban J connectivity index is 2.04. The van der Waals surface area contributed by atoms with Crippen molar-refractivity contribution in [3.8, 4) is 0 Å². The Morgan fingerprint density at radius 3 is 3.06 bits per heavy atom. The normalized spacial score (nSPS) is 22.3. The van der Waals surface area contributed by atoms with Crippen molar-refractivity contribution in [2.45, 2.75) is 31.4 Å². The summed E-state index contributed by atoms with van der Waals surface area (Å²) in [4.78, 5) is 0. The third kappa shape index (κ3) is 2.73. The van der Waals surface area contributed by atoms with Gasteiger partial charge in [0.1, 0.15) is 5.82 Å². The van der Waals surface area contributed by atoms with E-state index in [1.165, 1.54) is 12.1 Å². The van der Waals surface area contributed by atoms with Gasteiger partial charge in [-0.25, -0.2) is 4.39 Å². The molecular formula is C12H15ClFNO. The number of aliphatic hydroxyl groups is 1. The van der Waals surface area contributed by atoms with Gasteiger partial charge in [-0.05, 0) is 43.1 Å². The molecule has 0 aliphatic carbocycles. The minimum atomic E-state index is -0.546. The summed E-state index contributed by atoms with van der Waals surface area (Å²) >= 11 is 5.80. The molecule has 0 amide bonds.